The first kappa shape index (κ1) is 25.5. The molecule has 8 fully saturated rings. The summed E-state index contributed by atoms with van der Waals surface area (Å²) in [7, 11) is -3.67. The highest BCUT2D eigenvalue weighted by Crippen LogP contribution is 2.71. The summed E-state index contributed by atoms with van der Waals surface area (Å²) < 4.78 is 41.9. The van der Waals surface area contributed by atoms with Gasteiger partial charge in [-0.3, -0.25) is 9.59 Å². The SMILES string of the molecule is CCC1(OC(=O)C2C3CC4C(NS(=O)(=O)C42)C3OC(=O)CCN2CCCCC2)CC2CC1C1C3CCC(C3)C21. The summed E-state index contributed by atoms with van der Waals surface area (Å²) in [6.07, 6.45) is 10.9. The van der Waals surface area contributed by atoms with Crippen LogP contribution in [0.5, 0.6) is 0 Å². The number of rotatable bonds is 7. The molecule has 8 aliphatic rings. The Kier molecular flexibility index (Phi) is 5.83. The third-order valence-electron chi connectivity index (χ3n) is 13.1. The van der Waals surface area contributed by atoms with Gasteiger partial charge in [0.25, 0.3) is 0 Å². The summed E-state index contributed by atoms with van der Waals surface area (Å²) in [5.41, 5.74) is -0.453. The van der Waals surface area contributed by atoms with Crippen LogP contribution >= 0.6 is 0 Å². The number of nitrogens with zero attached hydrogens (tertiary/aromatic N) is 1. The summed E-state index contributed by atoms with van der Waals surface area (Å²) in [6, 6.07) is -0.412. The van der Waals surface area contributed by atoms with Crippen molar-refractivity contribution in [2.45, 2.75) is 101 Å². The Morgan fingerprint density at radius 2 is 1.74 bits per heavy atom. The van der Waals surface area contributed by atoms with Crippen LogP contribution in [0.1, 0.15) is 77.6 Å². The van der Waals surface area contributed by atoms with Crippen molar-refractivity contribution in [2.24, 2.45) is 53.3 Å². The molecule has 0 amide bonds. The van der Waals surface area contributed by atoms with E-state index in [1.165, 1.54) is 44.9 Å². The summed E-state index contributed by atoms with van der Waals surface area (Å²) in [6.45, 7) is 4.86. The molecule has 2 aliphatic heterocycles. The van der Waals surface area contributed by atoms with Crippen LogP contribution in [-0.4, -0.2) is 67.9 Å². The van der Waals surface area contributed by atoms with Crippen molar-refractivity contribution in [2.75, 3.05) is 19.6 Å². The quantitative estimate of drug-likeness (QED) is 0.377. The number of hydrogen-bond acceptors (Lipinski definition) is 7. The average molecular weight is 561 g/mol. The van der Waals surface area contributed by atoms with Crippen molar-refractivity contribution in [1.82, 2.24) is 9.62 Å². The van der Waals surface area contributed by atoms with Crippen LogP contribution < -0.4 is 4.72 Å². The van der Waals surface area contributed by atoms with E-state index >= 15 is 0 Å². The summed E-state index contributed by atoms with van der Waals surface area (Å²) in [5.74, 6) is 2.39. The molecule has 1 N–H and O–H groups in total. The number of carbonyl (C=O) groups is 2. The first-order valence-corrected chi connectivity index (χ1v) is 17.5. The molecule has 6 aliphatic carbocycles. The molecule has 0 aromatic heterocycles. The third-order valence-corrected chi connectivity index (χ3v) is 15.1. The zero-order valence-corrected chi connectivity index (χ0v) is 23.9. The van der Waals surface area contributed by atoms with Crippen LogP contribution in [0.25, 0.3) is 0 Å². The fourth-order valence-corrected chi connectivity index (χ4v) is 14.1. The molecule has 13 atom stereocenters. The van der Waals surface area contributed by atoms with Gasteiger partial charge in [-0.15, -0.1) is 0 Å². The lowest BCUT2D eigenvalue weighted by molar-refractivity contribution is -0.182. The molecule has 9 heteroatoms. The molecule has 216 valence electrons. The van der Waals surface area contributed by atoms with Crippen molar-refractivity contribution >= 4 is 22.0 Å². The normalized spacial score (nSPS) is 51.9. The van der Waals surface area contributed by atoms with Crippen LogP contribution in [0, 0.1) is 53.3 Å². The molecular weight excluding hydrogens is 516 g/mol. The highest BCUT2D eigenvalue weighted by molar-refractivity contribution is 7.90. The zero-order valence-electron chi connectivity index (χ0n) is 23.1. The van der Waals surface area contributed by atoms with Gasteiger partial charge in [-0.05, 0) is 106 Å². The Hall–Kier alpha value is -1.19. The number of fused-ring (bicyclic) bond motifs is 10. The van der Waals surface area contributed by atoms with E-state index in [-0.39, 0.29) is 23.8 Å². The van der Waals surface area contributed by atoms with Crippen LogP contribution in [0.4, 0.5) is 0 Å². The van der Waals surface area contributed by atoms with E-state index in [9.17, 15) is 18.0 Å². The van der Waals surface area contributed by atoms with E-state index < -0.39 is 38.9 Å². The number of hydrogen-bond donors (Lipinski definition) is 1. The third kappa shape index (κ3) is 3.63. The molecule has 0 aromatic carbocycles. The maximum atomic E-state index is 14.1. The number of nitrogens with one attached hydrogen (secondary N) is 1. The zero-order chi connectivity index (χ0) is 26.7. The van der Waals surface area contributed by atoms with Gasteiger partial charge in [0, 0.05) is 18.4 Å². The largest absolute Gasteiger partial charge is 0.460 e. The predicted octanol–water partition coefficient (Wildman–Crippen LogP) is 3.10. The average Bonchev–Trinajstić information content (AvgIpc) is 3.76. The Labute approximate surface area is 232 Å². The fraction of sp³-hybridized carbons (Fsp3) is 0.933. The van der Waals surface area contributed by atoms with Crippen LogP contribution in [0.15, 0.2) is 0 Å². The second-order valence-corrected chi connectivity index (χ2v) is 16.4. The van der Waals surface area contributed by atoms with E-state index in [2.05, 4.69) is 16.5 Å². The number of piperidine rings is 1. The van der Waals surface area contributed by atoms with Gasteiger partial charge >= 0.3 is 11.9 Å². The Morgan fingerprint density at radius 3 is 2.51 bits per heavy atom. The van der Waals surface area contributed by atoms with Gasteiger partial charge in [-0.1, -0.05) is 13.3 Å². The van der Waals surface area contributed by atoms with Gasteiger partial charge in [0.1, 0.15) is 11.7 Å². The Morgan fingerprint density at radius 1 is 0.974 bits per heavy atom. The molecule has 8 rings (SSSR count). The van der Waals surface area contributed by atoms with E-state index in [0.29, 0.717) is 37.1 Å². The standard InChI is InChI=1S/C30H44N2O6S/c1-2-30(15-18-13-21(30)24-17-7-6-16(12-17)23(18)24)38-29(34)25-19-14-20-26(31-39(35,36)28(20)25)27(19)37-22(33)8-11-32-9-4-3-5-10-32/h16-21,23-28,31H,2-15H2,1H3. The topological polar surface area (TPSA) is 102 Å². The van der Waals surface area contributed by atoms with Gasteiger partial charge in [0.05, 0.1) is 23.6 Å². The highest BCUT2D eigenvalue weighted by atomic mass is 32.2. The fourth-order valence-electron chi connectivity index (χ4n) is 11.8. The minimum absolute atomic E-state index is 0.190. The van der Waals surface area contributed by atoms with E-state index in [4.69, 9.17) is 9.47 Å². The number of sulfonamides is 1. The number of likely N-dealkylation sites (tertiary alicyclic amines) is 1. The minimum Gasteiger partial charge on any atom is -0.460 e. The Bertz CT molecular complexity index is 1150. The summed E-state index contributed by atoms with van der Waals surface area (Å²) in [5, 5.41) is -0.758. The van der Waals surface area contributed by atoms with Gasteiger partial charge in [-0.25, -0.2) is 13.1 Å². The van der Waals surface area contributed by atoms with Gasteiger partial charge < -0.3 is 14.4 Å². The molecule has 2 saturated heterocycles. The van der Waals surface area contributed by atoms with Crippen LogP contribution in [0.3, 0.4) is 0 Å². The lowest BCUT2D eigenvalue weighted by Gasteiger charge is -2.46. The predicted molar refractivity (Wildman–Crippen MR) is 143 cm³/mol. The Balaban J connectivity index is 0.994. The first-order valence-electron chi connectivity index (χ1n) is 16.0. The van der Waals surface area contributed by atoms with Gasteiger partial charge in [0.15, 0.2) is 0 Å². The molecule has 0 aromatic rings. The minimum atomic E-state index is -3.67. The lowest BCUT2D eigenvalue weighted by Crippen LogP contribution is -2.51. The maximum Gasteiger partial charge on any atom is 0.311 e. The molecular formula is C30H44N2O6S. The number of carbonyl (C=O) groups excluding carboxylic acids is 2. The van der Waals surface area contributed by atoms with E-state index in [0.717, 1.165) is 43.7 Å². The van der Waals surface area contributed by atoms with Crippen molar-refractivity contribution in [3.8, 4) is 0 Å². The molecule has 2 heterocycles. The monoisotopic (exact) mass is 560 g/mol. The van der Waals surface area contributed by atoms with E-state index in [1.54, 1.807) is 0 Å². The van der Waals surface area contributed by atoms with Crippen LogP contribution in [0.2, 0.25) is 0 Å². The second kappa shape index (κ2) is 8.90. The lowest BCUT2D eigenvalue weighted by atomic mass is 9.65. The highest BCUT2D eigenvalue weighted by Gasteiger charge is 2.72. The van der Waals surface area contributed by atoms with Gasteiger partial charge in [-0.2, -0.15) is 0 Å². The molecule has 6 bridgehead atoms. The van der Waals surface area contributed by atoms with Crippen LogP contribution in [-0.2, 0) is 29.1 Å². The van der Waals surface area contributed by atoms with Crippen molar-refractivity contribution in [1.29, 1.82) is 0 Å². The first-order chi connectivity index (χ1) is 18.8. The molecule has 13 unspecified atom stereocenters. The molecule has 8 nitrogen and oxygen atoms in total. The molecule has 6 saturated carbocycles. The summed E-state index contributed by atoms with van der Waals surface area (Å²) in [4.78, 5) is 29.3. The van der Waals surface area contributed by atoms with Crippen molar-refractivity contribution in [3.05, 3.63) is 0 Å². The smallest absolute Gasteiger partial charge is 0.311 e. The van der Waals surface area contributed by atoms with E-state index in [1.807, 2.05) is 0 Å². The summed E-state index contributed by atoms with van der Waals surface area (Å²) >= 11 is 0. The maximum absolute atomic E-state index is 14.1. The van der Waals surface area contributed by atoms with Gasteiger partial charge in [0.2, 0.25) is 10.0 Å². The number of ether oxygens (including phenoxy) is 2. The molecule has 39 heavy (non-hydrogen) atoms. The number of esters is 2. The molecule has 0 spiro atoms. The van der Waals surface area contributed by atoms with Crippen molar-refractivity contribution < 1.29 is 27.5 Å². The molecule has 0 radical (unpaired) electrons. The second-order valence-electron chi connectivity index (χ2n) is 14.5. The van der Waals surface area contributed by atoms with Crippen molar-refractivity contribution in [3.63, 3.8) is 0 Å².